The number of hydrogen-bond acceptors (Lipinski definition) is 2. The number of benzene rings is 2. The van der Waals surface area contributed by atoms with E-state index in [0.717, 1.165) is 49.5 Å². The summed E-state index contributed by atoms with van der Waals surface area (Å²) in [5, 5.41) is 10.8. The van der Waals surface area contributed by atoms with Gasteiger partial charge >= 0.3 is 0 Å². The fourth-order valence-electron chi connectivity index (χ4n) is 4.06. The smallest absolute Gasteiger partial charge is 0.0850 e. The van der Waals surface area contributed by atoms with Crippen molar-refractivity contribution in [2.75, 3.05) is 19.6 Å². The second-order valence-electron chi connectivity index (χ2n) is 7.64. The molecule has 0 N–H and O–H groups in total. The van der Waals surface area contributed by atoms with Gasteiger partial charge in [-0.15, -0.1) is 0 Å². The van der Waals surface area contributed by atoms with Crippen molar-refractivity contribution in [3.63, 3.8) is 0 Å². The molecule has 2 aromatic carbocycles. The molecule has 1 saturated carbocycles. The minimum atomic E-state index is -0.344. The summed E-state index contributed by atoms with van der Waals surface area (Å²) in [7, 11) is 0. The molecular weight excluding hydrogens is 352 g/mol. The average molecular weight is 381 g/mol. The van der Waals surface area contributed by atoms with Crippen LogP contribution in [0.15, 0.2) is 54.6 Å². The van der Waals surface area contributed by atoms with E-state index in [-0.39, 0.29) is 5.41 Å². The Kier molecular flexibility index (Phi) is 6.94. The van der Waals surface area contributed by atoms with Crippen LogP contribution in [0.3, 0.4) is 0 Å². The maximum Gasteiger partial charge on any atom is 0.0850 e. The minimum Gasteiger partial charge on any atom is -0.303 e. The molecule has 0 spiro atoms. The topological polar surface area (TPSA) is 27.0 Å². The highest BCUT2D eigenvalue weighted by Gasteiger charge is 2.46. The maximum atomic E-state index is 10.1. The maximum absolute atomic E-state index is 10.1. The molecule has 1 unspecified atom stereocenters. The Hall–Kier alpha value is -1.82. The van der Waals surface area contributed by atoms with Crippen LogP contribution in [0.1, 0.15) is 43.7 Å². The highest BCUT2D eigenvalue weighted by Crippen LogP contribution is 2.50. The second kappa shape index (κ2) is 9.40. The van der Waals surface area contributed by atoms with Gasteiger partial charge in [0.1, 0.15) is 0 Å². The van der Waals surface area contributed by atoms with E-state index >= 15 is 0 Å². The Bertz CT molecular complexity index is 746. The third-order valence-electron chi connectivity index (χ3n) is 5.89. The van der Waals surface area contributed by atoms with E-state index in [1.165, 1.54) is 18.4 Å². The van der Waals surface area contributed by atoms with E-state index < -0.39 is 0 Å². The lowest BCUT2D eigenvalue weighted by Gasteiger charge is -2.29. The molecule has 0 radical (unpaired) electrons. The van der Waals surface area contributed by atoms with Gasteiger partial charge in [0.05, 0.1) is 11.5 Å². The first-order valence-electron chi connectivity index (χ1n) is 10.1. The van der Waals surface area contributed by atoms with Crippen LogP contribution in [0.2, 0.25) is 5.02 Å². The quantitative estimate of drug-likeness (QED) is 0.516. The van der Waals surface area contributed by atoms with Crippen LogP contribution in [0.4, 0.5) is 0 Å². The number of likely N-dealkylation sites (N-methyl/N-ethyl adjacent to an activating group) is 1. The van der Waals surface area contributed by atoms with Crippen LogP contribution < -0.4 is 0 Å². The van der Waals surface area contributed by atoms with Crippen LogP contribution in [0.25, 0.3) is 0 Å². The highest BCUT2D eigenvalue weighted by atomic mass is 35.5. The Morgan fingerprint density at radius 1 is 1.07 bits per heavy atom. The van der Waals surface area contributed by atoms with E-state index in [4.69, 9.17) is 11.6 Å². The van der Waals surface area contributed by atoms with Crippen molar-refractivity contribution in [3.05, 3.63) is 70.7 Å². The van der Waals surface area contributed by atoms with Gasteiger partial charge in [0.15, 0.2) is 0 Å². The molecule has 27 heavy (non-hydrogen) atoms. The van der Waals surface area contributed by atoms with Gasteiger partial charge in [-0.25, -0.2) is 0 Å². The second-order valence-corrected chi connectivity index (χ2v) is 8.07. The first-order chi connectivity index (χ1) is 13.2. The molecule has 1 aliphatic rings. The molecule has 1 aliphatic carbocycles. The zero-order valence-corrected chi connectivity index (χ0v) is 17.0. The predicted octanol–water partition coefficient (Wildman–Crippen LogP) is 5.86. The van der Waals surface area contributed by atoms with Crippen molar-refractivity contribution in [1.29, 1.82) is 5.26 Å². The number of nitrogens with zero attached hydrogens (tertiary/aromatic N) is 2. The van der Waals surface area contributed by atoms with Gasteiger partial charge < -0.3 is 4.90 Å². The van der Waals surface area contributed by atoms with Crippen molar-refractivity contribution in [3.8, 4) is 6.07 Å². The summed E-state index contributed by atoms with van der Waals surface area (Å²) in [6, 6.07) is 21.3. The zero-order valence-electron chi connectivity index (χ0n) is 16.2. The minimum absolute atomic E-state index is 0.344. The number of nitriles is 1. The Balaban J connectivity index is 1.58. The summed E-state index contributed by atoms with van der Waals surface area (Å²) in [5.41, 5.74) is 2.19. The largest absolute Gasteiger partial charge is 0.303 e. The van der Waals surface area contributed by atoms with Gasteiger partial charge in [0.2, 0.25) is 0 Å². The summed E-state index contributed by atoms with van der Waals surface area (Å²) < 4.78 is 0. The first-order valence-corrected chi connectivity index (χ1v) is 10.5. The van der Waals surface area contributed by atoms with E-state index in [0.29, 0.717) is 5.92 Å². The van der Waals surface area contributed by atoms with Crippen LogP contribution in [-0.2, 0) is 11.8 Å². The summed E-state index contributed by atoms with van der Waals surface area (Å²) >= 11 is 6.06. The van der Waals surface area contributed by atoms with Crippen LogP contribution in [-0.4, -0.2) is 24.5 Å². The highest BCUT2D eigenvalue weighted by molar-refractivity contribution is 6.30. The normalized spacial score (nSPS) is 16.1. The predicted molar refractivity (Wildman–Crippen MR) is 113 cm³/mol. The van der Waals surface area contributed by atoms with Crippen molar-refractivity contribution >= 4 is 11.6 Å². The van der Waals surface area contributed by atoms with Gasteiger partial charge in [-0.2, -0.15) is 5.26 Å². The summed E-state index contributed by atoms with van der Waals surface area (Å²) in [5.74, 6) is 0.503. The lowest BCUT2D eigenvalue weighted by molar-refractivity contribution is 0.272. The van der Waals surface area contributed by atoms with E-state index in [2.05, 4.69) is 60.4 Å². The lowest BCUT2D eigenvalue weighted by atomic mass is 9.74. The monoisotopic (exact) mass is 380 g/mol. The van der Waals surface area contributed by atoms with Gasteiger partial charge in [-0.05, 0) is 74.4 Å². The SMILES string of the molecule is CCN(CCCC(C#N)(c1ccc(Cl)cc1)C1CC1)CCc1ccccc1. The summed E-state index contributed by atoms with van der Waals surface area (Å²) in [6.45, 7) is 5.40. The Morgan fingerprint density at radius 3 is 2.37 bits per heavy atom. The molecule has 0 heterocycles. The number of halogens is 1. The molecule has 3 heteroatoms. The summed E-state index contributed by atoms with van der Waals surface area (Å²) in [4.78, 5) is 2.50. The van der Waals surface area contributed by atoms with Crippen LogP contribution in [0.5, 0.6) is 0 Å². The van der Waals surface area contributed by atoms with Gasteiger partial charge in [0, 0.05) is 11.6 Å². The van der Waals surface area contributed by atoms with Gasteiger partial charge in [-0.3, -0.25) is 0 Å². The molecule has 0 aromatic heterocycles. The van der Waals surface area contributed by atoms with Crippen molar-refractivity contribution < 1.29 is 0 Å². The number of hydrogen-bond donors (Lipinski definition) is 0. The van der Waals surface area contributed by atoms with E-state index in [1.54, 1.807) is 0 Å². The molecular formula is C24H29ClN2. The third-order valence-corrected chi connectivity index (χ3v) is 6.14. The molecule has 142 valence electrons. The molecule has 1 fully saturated rings. The average Bonchev–Trinajstić information content (AvgIpc) is 3.55. The number of rotatable bonds is 10. The van der Waals surface area contributed by atoms with Gasteiger partial charge in [-0.1, -0.05) is 61.0 Å². The zero-order chi connectivity index (χ0) is 19.1. The van der Waals surface area contributed by atoms with Crippen molar-refractivity contribution in [2.24, 2.45) is 5.92 Å². The van der Waals surface area contributed by atoms with Crippen molar-refractivity contribution in [1.82, 2.24) is 4.90 Å². The van der Waals surface area contributed by atoms with E-state index in [9.17, 15) is 5.26 Å². The molecule has 2 aromatic rings. The van der Waals surface area contributed by atoms with Crippen LogP contribution in [0, 0.1) is 17.2 Å². The molecule has 1 atom stereocenters. The summed E-state index contributed by atoms with van der Waals surface area (Å²) in [6.07, 6.45) is 5.40. The molecule has 2 nitrogen and oxygen atoms in total. The standard InChI is InChI=1S/C24H29ClN2/c1-2-27(18-15-20-7-4-3-5-8-20)17-6-16-24(19-26,21-9-10-21)22-11-13-23(25)14-12-22/h3-5,7-8,11-14,21H,2,6,9-10,15-18H2,1H3. The fourth-order valence-corrected chi connectivity index (χ4v) is 4.19. The molecule has 0 bridgehead atoms. The van der Waals surface area contributed by atoms with Crippen molar-refractivity contribution in [2.45, 2.75) is 44.4 Å². The van der Waals surface area contributed by atoms with Gasteiger partial charge in [0.25, 0.3) is 0 Å². The van der Waals surface area contributed by atoms with E-state index in [1.807, 2.05) is 12.1 Å². The molecule has 0 amide bonds. The molecule has 0 aliphatic heterocycles. The third kappa shape index (κ3) is 5.12. The lowest BCUT2D eigenvalue weighted by Crippen LogP contribution is -2.31. The Morgan fingerprint density at radius 2 is 1.78 bits per heavy atom. The fraction of sp³-hybridized carbons (Fsp3) is 0.458. The van der Waals surface area contributed by atoms with Crippen LogP contribution >= 0.6 is 11.6 Å². The Labute approximate surface area is 168 Å². The first kappa shape index (κ1) is 19.9. The molecule has 0 saturated heterocycles. The molecule has 3 rings (SSSR count).